The molecule has 2 saturated heterocycles. The zero-order valence-electron chi connectivity index (χ0n) is 13.0. The van der Waals surface area contributed by atoms with Gasteiger partial charge in [0.15, 0.2) is 0 Å². The molecular weight excluding hydrogens is 308 g/mol. The molecular formula is C18H20N2O2S. The lowest BCUT2D eigenvalue weighted by Crippen LogP contribution is -2.50. The van der Waals surface area contributed by atoms with E-state index in [1.165, 1.54) is 0 Å². The van der Waals surface area contributed by atoms with E-state index in [2.05, 4.69) is 6.07 Å². The summed E-state index contributed by atoms with van der Waals surface area (Å²) in [4.78, 5) is 29.5. The Morgan fingerprint density at radius 1 is 1.17 bits per heavy atom. The molecule has 0 radical (unpaired) electrons. The lowest BCUT2D eigenvalue weighted by molar-refractivity contribution is -0.130. The fourth-order valence-corrected chi connectivity index (χ4v) is 4.72. The van der Waals surface area contributed by atoms with E-state index in [4.69, 9.17) is 0 Å². The number of benzene rings is 1. The molecule has 0 saturated carbocycles. The number of likely N-dealkylation sites (tertiary alicyclic amines) is 2. The predicted molar refractivity (Wildman–Crippen MR) is 91.7 cm³/mol. The Morgan fingerprint density at radius 2 is 2.04 bits per heavy atom. The van der Waals surface area contributed by atoms with E-state index >= 15 is 0 Å². The number of rotatable bonds is 2. The summed E-state index contributed by atoms with van der Waals surface area (Å²) in [6.45, 7) is 2.33. The fourth-order valence-electron chi connectivity index (χ4n) is 3.69. The van der Waals surface area contributed by atoms with Gasteiger partial charge in [0.1, 0.15) is 0 Å². The molecule has 0 N–H and O–H groups in total. The summed E-state index contributed by atoms with van der Waals surface area (Å²) in [6.07, 6.45) is 3.62. The molecule has 0 aliphatic carbocycles. The number of thiophene rings is 1. The quantitative estimate of drug-likeness (QED) is 0.850. The highest BCUT2D eigenvalue weighted by Gasteiger charge is 2.33. The van der Waals surface area contributed by atoms with Crippen LogP contribution in [0.15, 0.2) is 30.3 Å². The van der Waals surface area contributed by atoms with Gasteiger partial charge in [-0.15, -0.1) is 11.3 Å². The van der Waals surface area contributed by atoms with Crippen molar-refractivity contribution in [2.45, 2.75) is 31.7 Å². The second kappa shape index (κ2) is 5.96. The number of carbonyl (C=O) groups excluding carboxylic acids is 2. The van der Waals surface area contributed by atoms with Crippen molar-refractivity contribution >= 4 is 33.2 Å². The molecule has 0 bridgehead atoms. The summed E-state index contributed by atoms with van der Waals surface area (Å²) >= 11 is 1.56. The van der Waals surface area contributed by atoms with Crippen molar-refractivity contribution in [1.29, 1.82) is 0 Å². The van der Waals surface area contributed by atoms with E-state index in [1.54, 1.807) is 11.3 Å². The third kappa shape index (κ3) is 2.74. The van der Waals surface area contributed by atoms with Crippen LogP contribution in [0.2, 0.25) is 0 Å². The number of nitrogens with zero attached hydrogens (tertiary/aromatic N) is 2. The monoisotopic (exact) mass is 328 g/mol. The van der Waals surface area contributed by atoms with Crippen molar-refractivity contribution in [2.24, 2.45) is 0 Å². The highest BCUT2D eigenvalue weighted by Crippen LogP contribution is 2.28. The average molecular weight is 328 g/mol. The van der Waals surface area contributed by atoms with E-state index in [1.807, 2.05) is 34.1 Å². The van der Waals surface area contributed by atoms with Crippen LogP contribution in [0.25, 0.3) is 10.1 Å². The average Bonchev–Trinajstić information content (AvgIpc) is 3.20. The highest BCUT2D eigenvalue weighted by molar-refractivity contribution is 7.20. The molecule has 120 valence electrons. The molecule has 4 rings (SSSR count). The van der Waals surface area contributed by atoms with Crippen LogP contribution in [0, 0.1) is 0 Å². The lowest BCUT2D eigenvalue weighted by Gasteiger charge is -2.37. The molecule has 23 heavy (non-hydrogen) atoms. The molecule has 5 heteroatoms. The third-order valence-electron chi connectivity index (χ3n) is 4.87. The first kappa shape index (κ1) is 14.7. The molecule has 2 aromatic rings. The Kier molecular flexibility index (Phi) is 3.81. The van der Waals surface area contributed by atoms with Crippen molar-refractivity contribution in [3.8, 4) is 0 Å². The number of piperidine rings is 1. The van der Waals surface area contributed by atoms with Gasteiger partial charge in [-0.05, 0) is 36.8 Å². The van der Waals surface area contributed by atoms with E-state index in [0.717, 1.165) is 47.3 Å². The topological polar surface area (TPSA) is 40.6 Å². The molecule has 3 heterocycles. The maximum Gasteiger partial charge on any atom is 0.264 e. The molecule has 2 amide bonds. The first-order chi connectivity index (χ1) is 11.2. The highest BCUT2D eigenvalue weighted by atomic mass is 32.1. The van der Waals surface area contributed by atoms with Gasteiger partial charge in [-0.3, -0.25) is 9.59 Å². The molecule has 1 aromatic heterocycles. The van der Waals surface area contributed by atoms with Crippen LogP contribution in [0.1, 0.15) is 35.4 Å². The molecule has 2 aliphatic rings. The van der Waals surface area contributed by atoms with Gasteiger partial charge in [-0.2, -0.15) is 0 Å². The largest absolute Gasteiger partial charge is 0.338 e. The first-order valence-corrected chi connectivity index (χ1v) is 9.11. The predicted octanol–water partition coefficient (Wildman–Crippen LogP) is 3.13. The van der Waals surface area contributed by atoms with Crippen LogP contribution in [-0.2, 0) is 4.79 Å². The molecule has 4 nitrogen and oxygen atoms in total. The van der Waals surface area contributed by atoms with Crippen LogP contribution in [-0.4, -0.2) is 47.3 Å². The van der Waals surface area contributed by atoms with E-state index in [0.29, 0.717) is 13.0 Å². The molecule has 1 unspecified atom stereocenters. The first-order valence-electron chi connectivity index (χ1n) is 8.30. The van der Waals surface area contributed by atoms with Gasteiger partial charge in [0, 0.05) is 36.8 Å². The molecule has 1 atom stereocenters. The standard InChI is InChI=1S/C18H20N2O2S/c21-17-8-4-10-20(17)14-6-3-9-19(12-14)18(22)16-11-13-5-1-2-7-15(13)23-16/h1-2,5,7,11,14H,3-4,6,8-10,12H2. The Morgan fingerprint density at radius 3 is 2.83 bits per heavy atom. The summed E-state index contributed by atoms with van der Waals surface area (Å²) in [5, 5.41) is 1.13. The van der Waals surface area contributed by atoms with Crippen LogP contribution < -0.4 is 0 Å². The molecule has 1 aromatic carbocycles. The van der Waals surface area contributed by atoms with Gasteiger partial charge < -0.3 is 9.80 Å². The Hall–Kier alpha value is -1.88. The Bertz CT molecular complexity index is 721. The summed E-state index contributed by atoms with van der Waals surface area (Å²) < 4.78 is 1.15. The summed E-state index contributed by atoms with van der Waals surface area (Å²) in [5.74, 6) is 0.369. The van der Waals surface area contributed by atoms with Crippen molar-refractivity contribution < 1.29 is 9.59 Å². The van der Waals surface area contributed by atoms with Gasteiger partial charge in [-0.1, -0.05) is 18.2 Å². The van der Waals surface area contributed by atoms with Gasteiger partial charge >= 0.3 is 0 Å². The van der Waals surface area contributed by atoms with Crippen LogP contribution in [0.3, 0.4) is 0 Å². The molecule has 2 aliphatic heterocycles. The number of hydrogen-bond acceptors (Lipinski definition) is 3. The molecule has 2 fully saturated rings. The SMILES string of the molecule is O=C(c1cc2ccccc2s1)N1CCCC(N2CCCC2=O)C1. The van der Waals surface area contributed by atoms with Crippen LogP contribution in [0.5, 0.6) is 0 Å². The van der Waals surface area contributed by atoms with Crippen molar-refractivity contribution in [3.05, 3.63) is 35.2 Å². The van der Waals surface area contributed by atoms with Crippen molar-refractivity contribution in [3.63, 3.8) is 0 Å². The minimum Gasteiger partial charge on any atom is -0.338 e. The second-order valence-corrected chi connectivity index (χ2v) is 7.47. The van der Waals surface area contributed by atoms with Gasteiger partial charge in [0.2, 0.25) is 5.91 Å². The summed E-state index contributed by atoms with van der Waals surface area (Å²) in [6, 6.07) is 10.3. The normalized spacial score (nSPS) is 22.1. The minimum absolute atomic E-state index is 0.113. The Labute approximate surface area is 139 Å². The van der Waals surface area contributed by atoms with Crippen molar-refractivity contribution in [2.75, 3.05) is 19.6 Å². The number of fused-ring (bicyclic) bond motifs is 1. The van der Waals surface area contributed by atoms with Crippen LogP contribution in [0.4, 0.5) is 0 Å². The fraction of sp³-hybridized carbons (Fsp3) is 0.444. The maximum absolute atomic E-state index is 12.8. The zero-order valence-corrected chi connectivity index (χ0v) is 13.8. The van der Waals surface area contributed by atoms with E-state index in [-0.39, 0.29) is 17.9 Å². The summed E-state index contributed by atoms with van der Waals surface area (Å²) in [5.41, 5.74) is 0. The van der Waals surface area contributed by atoms with Crippen LogP contribution >= 0.6 is 11.3 Å². The number of hydrogen-bond donors (Lipinski definition) is 0. The Balaban J connectivity index is 1.52. The van der Waals surface area contributed by atoms with E-state index in [9.17, 15) is 9.59 Å². The van der Waals surface area contributed by atoms with Gasteiger partial charge in [0.05, 0.1) is 4.88 Å². The maximum atomic E-state index is 12.8. The van der Waals surface area contributed by atoms with E-state index < -0.39 is 0 Å². The van der Waals surface area contributed by atoms with Crippen molar-refractivity contribution in [1.82, 2.24) is 9.80 Å². The number of carbonyl (C=O) groups is 2. The molecule has 0 spiro atoms. The third-order valence-corrected chi connectivity index (χ3v) is 5.97. The van der Waals surface area contributed by atoms with Gasteiger partial charge in [-0.25, -0.2) is 0 Å². The second-order valence-electron chi connectivity index (χ2n) is 6.39. The smallest absolute Gasteiger partial charge is 0.264 e. The zero-order chi connectivity index (χ0) is 15.8. The minimum atomic E-state index is 0.113. The lowest BCUT2D eigenvalue weighted by atomic mass is 10.0. The van der Waals surface area contributed by atoms with Gasteiger partial charge in [0.25, 0.3) is 5.91 Å². The summed E-state index contributed by atoms with van der Waals surface area (Å²) in [7, 11) is 0. The number of amides is 2.